The molecule has 0 saturated carbocycles. The van der Waals surface area contributed by atoms with E-state index in [1.807, 2.05) is 18.2 Å². The second kappa shape index (κ2) is 5.41. The summed E-state index contributed by atoms with van der Waals surface area (Å²) in [5, 5.41) is 12.3. The molecular weight excluding hydrogens is 184 g/mol. The van der Waals surface area contributed by atoms with Crippen molar-refractivity contribution >= 4 is 5.69 Å². The summed E-state index contributed by atoms with van der Waals surface area (Å²) in [6.45, 7) is 6.94. The molecule has 0 aliphatic rings. The standard InChI is InChI=1S/C13H18N2/c1-10(2)12(8-14)9-15-13-7-5-4-6-11(13)3/h4-7,10,12,15H,9H2,1-3H3. The fourth-order valence-corrected chi connectivity index (χ4v) is 1.42. The fourth-order valence-electron chi connectivity index (χ4n) is 1.42. The van der Waals surface area contributed by atoms with Crippen LogP contribution in [0, 0.1) is 30.1 Å². The molecule has 1 rings (SSSR count). The maximum atomic E-state index is 8.95. The van der Waals surface area contributed by atoms with Crippen LogP contribution in [0.25, 0.3) is 0 Å². The van der Waals surface area contributed by atoms with Gasteiger partial charge in [-0.1, -0.05) is 32.0 Å². The summed E-state index contributed by atoms with van der Waals surface area (Å²) in [4.78, 5) is 0. The second-order valence-corrected chi connectivity index (χ2v) is 4.18. The van der Waals surface area contributed by atoms with Crippen LogP contribution in [-0.4, -0.2) is 6.54 Å². The summed E-state index contributed by atoms with van der Waals surface area (Å²) in [5.41, 5.74) is 2.34. The largest absolute Gasteiger partial charge is 0.384 e. The van der Waals surface area contributed by atoms with Gasteiger partial charge in [0.15, 0.2) is 0 Å². The maximum absolute atomic E-state index is 8.95. The van der Waals surface area contributed by atoms with Gasteiger partial charge in [-0.25, -0.2) is 0 Å². The van der Waals surface area contributed by atoms with E-state index < -0.39 is 0 Å². The summed E-state index contributed by atoms with van der Waals surface area (Å²) in [6.07, 6.45) is 0. The molecule has 0 amide bonds. The quantitative estimate of drug-likeness (QED) is 0.813. The molecule has 0 saturated heterocycles. The summed E-state index contributed by atoms with van der Waals surface area (Å²) in [6, 6.07) is 10.5. The van der Waals surface area contributed by atoms with E-state index in [9.17, 15) is 0 Å². The number of nitrogens with one attached hydrogen (secondary N) is 1. The average Bonchev–Trinajstić information content (AvgIpc) is 2.21. The SMILES string of the molecule is Cc1ccccc1NCC(C#N)C(C)C. The molecule has 1 aromatic rings. The Morgan fingerprint density at radius 2 is 2.00 bits per heavy atom. The lowest BCUT2D eigenvalue weighted by Crippen LogP contribution is -2.18. The van der Waals surface area contributed by atoms with E-state index in [2.05, 4.69) is 38.2 Å². The third-order valence-electron chi connectivity index (χ3n) is 2.63. The molecule has 0 fully saturated rings. The molecule has 0 aliphatic heterocycles. The zero-order chi connectivity index (χ0) is 11.3. The van der Waals surface area contributed by atoms with Crippen molar-refractivity contribution in [1.82, 2.24) is 0 Å². The van der Waals surface area contributed by atoms with E-state index in [1.165, 1.54) is 5.56 Å². The van der Waals surface area contributed by atoms with Crippen LogP contribution < -0.4 is 5.32 Å². The molecular formula is C13H18N2. The Morgan fingerprint density at radius 1 is 1.33 bits per heavy atom. The van der Waals surface area contributed by atoms with Gasteiger partial charge in [-0.15, -0.1) is 0 Å². The van der Waals surface area contributed by atoms with Crippen LogP contribution in [0.4, 0.5) is 5.69 Å². The van der Waals surface area contributed by atoms with Gasteiger partial charge in [0.05, 0.1) is 12.0 Å². The van der Waals surface area contributed by atoms with Crippen molar-refractivity contribution in [2.24, 2.45) is 11.8 Å². The van der Waals surface area contributed by atoms with E-state index in [0.29, 0.717) is 5.92 Å². The van der Waals surface area contributed by atoms with Crippen LogP contribution in [0.1, 0.15) is 19.4 Å². The highest BCUT2D eigenvalue weighted by atomic mass is 14.9. The van der Waals surface area contributed by atoms with E-state index in [0.717, 1.165) is 12.2 Å². The summed E-state index contributed by atoms with van der Waals surface area (Å²) < 4.78 is 0. The molecule has 1 N–H and O–H groups in total. The second-order valence-electron chi connectivity index (χ2n) is 4.18. The van der Waals surface area contributed by atoms with Gasteiger partial charge in [-0.05, 0) is 24.5 Å². The third-order valence-corrected chi connectivity index (χ3v) is 2.63. The van der Waals surface area contributed by atoms with Crippen molar-refractivity contribution < 1.29 is 0 Å². The van der Waals surface area contributed by atoms with E-state index in [4.69, 9.17) is 5.26 Å². The van der Waals surface area contributed by atoms with E-state index >= 15 is 0 Å². The normalized spacial score (nSPS) is 12.2. The van der Waals surface area contributed by atoms with Crippen molar-refractivity contribution in [2.45, 2.75) is 20.8 Å². The number of rotatable bonds is 4. The Bertz CT molecular complexity index is 350. The Hall–Kier alpha value is -1.49. The molecule has 1 unspecified atom stereocenters. The van der Waals surface area contributed by atoms with Crippen molar-refractivity contribution in [3.8, 4) is 6.07 Å². The minimum Gasteiger partial charge on any atom is -0.384 e. The molecule has 0 spiro atoms. The molecule has 1 aromatic carbocycles. The Labute approximate surface area is 91.9 Å². The molecule has 2 nitrogen and oxygen atoms in total. The lowest BCUT2D eigenvalue weighted by atomic mass is 9.97. The van der Waals surface area contributed by atoms with E-state index in [1.54, 1.807) is 0 Å². The highest BCUT2D eigenvalue weighted by Crippen LogP contribution is 2.16. The van der Waals surface area contributed by atoms with Crippen LogP contribution >= 0.6 is 0 Å². The summed E-state index contributed by atoms with van der Waals surface area (Å²) in [5.74, 6) is 0.469. The van der Waals surface area contributed by atoms with Gasteiger partial charge >= 0.3 is 0 Å². The predicted octanol–water partition coefficient (Wildman–Crippen LogP) is 3.20. The zero-order valence-electron chi connectivity index (χ0n) is 9.62. The van der Waals surface area contributed by atoms with Crippen LogP contribution in [0.3, 0.4) is 0 Å². The number of aryl methyl sites for hydroxylation is 1. The van der Waals surface area contributed by atoms with Gasteiger partial charge in [0.2, 0.25) is 0 Å². The Kier molecular flexibility index (Phi) is 4.17. The first-order valence-corrected chi connectivity index (χ1v) is 5.34. The van der Waals surface area contributed by atoms with Crippen molar-refractivity contribution in [3.63, 3.8) is 0 Å². The molecule has 0 aromatic heterocycles. The Morgan fingerprint density at radius 3 is 2.53 bits per heavy atom. The van der Waals surface area contributed by atoms with Gasteiger partial charge in [-0.2, -0.15) is 5.26 Å². The lowest BCUT2D eigenvalue weighted by molar-refractivity contribution is 0.496. The highest BCUT2D eigenvalue weighted by molar-refractivity contribution is 5.50. The molecule has 0 heterocycles. The molecule has 15 heavy (non-hydrogen) atoms. The Balaban J connectivity index is 2.58. The average molecular weight is 202 g/mol. The minimum atomic E-state index is 0.0737. The first-order valence-electron chi connectivity index (χ1n) is 5.34. The number of benzene rings is 1. The molecule has 0 bridgehead atoms. The minimum absolute atomic E-state index is 0.0737. The highest BCUT2D eigenvalue weighted by Gasteiger charge is 2.11. The summed E-state index contributed by atoms with van der Waals surface area (Å²) in [7, 11) is 0. The molecule has 0 aliphatic carbocycles. The van der Waals surface area contributed by atoms with Gasteiger partial charge < -0.3 is 5.32 Å². The number of nitriles is 1. The predicted molar refractivity (Wildman–Crippen MR) is 63.6 cm³/mol. The topological polar surface area (TPSA) is 35.8 Å². The zero-order valence-corrected chi connectivity index (χ0v) is 9.62. The number of hydrogen-bond donors (Lipinski definition) is 1. The lowest BCUT2D eigenvalue weighted by Gasteiger charge is -2.15. The third kappa shape index (κ3) is 3.28. The number of hydrogen-bond acceptors (Lipinski definition) is 2. The molecule has 1 atom stereocenters. The van der Waals surface area contributed by atoms with Gasteiger partial charge in [-0.3, -0.25) is 0 Å². The van der Waals surface area contributed by atoms with Gasteiger partial charge in [0.25, 0.3) is 0 Å². The monoisotopic (exact) mass is 202 g/mol. The van der Waals surface area contributed by atoms with Crippen LogP contribution in [0.5, 0.6) is 0 Å². The van der Waals surface area contributed by atoms with Gasteiger partial charge in [0, 0.05) is 12.2 Å². The van der Waals surface area contributed by atoms with Crippen LogP contribution in [0.2, 0.25) is 0 Å². The number of para-hydroxylation sites is 1. The number of anilines is 1. The van der Waals surface area contributed by atoms with Gasteiger partial charge in [0.1, 0.15) is 0 Å². The number of nitrogens with zero attached hydrogens (tertiary/aromatic N) is 1. The van der Waals surface area contributed by atoms with E-state index in [-0.39, 0.29) is 5.92 Å². The maximum Gasteiger partial charge on any atom is 0.0677 e. The van der Waals surface area contributed by atoms with Crippen LogP contribution in [0.15, 0.2) is 24.3 Å². The fraction of sp³-hybridized carbons (Fsp3) is 0.462. The molecule has 80 valence electrons. The van der Waals surface area contributed by atoms with Crippen molar-refractivity contribution in [3.05, 3.63) is 29.8 Å². The first-order chi connectivity index (χ1) is 7.15. The smallest absolute Gasteiger partial charge is 0.0677 e. The first kappa shape index (κ1) is 11.6. The molecule has 2 heteroatoms. The van der Waals surface area contributed by atoms with Crippen LogP contribution in [-0.2, 0) is 0 Å². The van der Waals surface area contributed by atoms with Crippen molar-refractivity contribution in [2.75, 3.05) is 11.9 Å². The summed E-state index contributed by atoms with van der Waals surface area (Å²) >= 11 is 0. The molecule has 0 radical (unpaired) electrons. The van der Waals surface area contributed by atoms with Crippen molar-refractivity contribution in [1.29, 1.82) is 5.26 Å².